The normalized spacial score (nSPS) is 28.7. The SMILES string of the molecule is CN1CCN(NCC2(C)COC2)CC1. The van der Waals surface area contributed by atoms with Crippen molar-refractivity contribution in [2.24, 2.45) is 5.41 Å². The van der Waals surface area contributed by atoms with Crippen molar-refractivity contribution < 1.29 is 4.74 Å². The fourth-order valence-corrected chi connectivity index (χ4v) is 1.82. The van der Waals surface area contributed by atoms with E-state index in [0.717, 1.165) is 32.8 Å². The molecule has 0 radical (unpaired) electrons. The smallest absolute Gasteiger partial charge is 0.0554 e. The van der Waals surface area contributed by atoms with Gasteiger partial charge < -0.3 is 9.64 Å². The van der Waals surface area contributed by atoms with Crippen molar-refractivity contribution in [1.29, 1.82) is 0 Å². The minimum absolute atomic E-state index is 0.378. The van der Waals surface area contributed by atoms with E-state index in [0.29, 0.717) is 5.41 Å². The van der Waals surface area contributed by atoms with Crippen LogP contribution in [0.2, 0.25) is 0 Å². The van der Waals surface area contributed by atoms with Crippen LogP contribution in [0.3, 0.4) is 0 Å². The number of hydrazine groups is 1. The highest BCUT2D eigenvalue weighted by Gasteiger charge is 2.33. The van der Waals surface area contributed by atoms with Crippen molar-refractivity contribution in [3.63, 3.8) is 0 Å². The number of likely N-dealkylation sites (N-methyl/N-ethyl adjacent to an activating group) is 1. The van der Waals surface area contributed by atoms with E-state index in [-0.39, 0.29) is 0 Å². The van der Waals surface area contributed by atoms with Crippen LogP contribution in [0, 0.1) is 5.41 Å². The van der Waals surface area contributed by atoms with E-state index < -0.39 is 0 Å². The Morgan fingerprint density at radius 1 is 1.21 bits per heavy atom. The van der Waals surface area contributed by atoms with E-state index in [9.17, 15) is 0 Å². The Hall–Kier alpha value is -0.160. The molecule has 0 saturated carbocycles. The third-order valence-corrected chi connectivity index (χ3v) is 3.13. The standard InChI is InChI=1S/C10H21N3O/c1-10(8-14-9-10)7-11-13-5-3-12(2)4-6-13/h11H,3-9H2,1-2H3. The van der Waals surface area contributed by atoms with Gasteiger partial charge in [0.15, 0.2) is 0 Å². The number of nitrogens with one attached hydrogen (secondary N) is 1. The summed E-state index contributed by atoms with van der Waals surface area (Å²) in [7, 11) is 2.18. The maximum atomic E-state index is 5.23. The van der Waals surface area contributed by atoms with Crippen LogP contribution in [0.25, 0.3) is 0 Å². The average Bonchev–Trinajstić information content (AvgIpc) is 2.14. The Morgan fingerprint density at radius 3 is 2.36 bits per heavy atom. The molecule has 2 saturated heterocycles. The number of nitrogens with zero attached hydrogens (tertiary/aromatic N) is 2. The van der Waals surface area contributed by atoms with E-state index in [1.165, 1.54) is 13.1 Å². The summed E-state index contributed by atoms with van der Waals surface area (Å²) in [4.78, 5) is 2.37. The van der Waals surface area contributed by atoms with Crippen LogP contribution in [-0.4, -0.2) is 62.9 Å². The van der Waals surface area contributed by atoms with Gasteiger partial charge in [-0.2, -0.15) is 0 Å². The van der Waals surface area contributed by atoms with E-state index in [1.807, 2.05) is 0 Å². The molecule has 0 unspecified atom stereocenters. The summed E-state index contributed by atoms with van der Waals surface area (Å²) in [5.41, 5.74) is 3.89. The lowest BCUT2D eigenvalue weighted by Gasteiger charge is -2.41. The first-order chi connectivity index (χ1) is 6.68. The first-order valence-electron chi connectivity index (χ1n) is 5.43. The quantitative estimate of drug-likeness (QED) is 0.680. The number of ether oxygens (including phenoxy) is 1. The predicted molar refractivity (Wildman–Crippen MR) is 56.0 cm³/mol. The second kappa shape index (κ2) is 4.14. The van der Waals surface area contributed by atoms with Gasteiger partial charge in [-0.25, -0.2) is 5.01 Å². The number of hydrogen-bond acceptors (Lipinski definition) is 4. The Bertz CT molecular complexity index is 186. The second-order valence-electron chi connectivity index (χ2n) is 4.93. The third-order valence-electron chi connectivity index (χ3n) is 3.13. The van der Waals surface area contributed by atoms with Gasteiger partial charge in [0.1, 0.15) is 0 Å². The van der Waals surface area contributed by atoms with Crippen LogP contribution < -0.4 is 5.43 Å². The minimum Gasteiger partial charge on any atom is -0.380 e. The molecule has 2 heterocycles. The number of hydrogen-bond donors (Lipinski definition) is 1. The van der Waals surface area contributed by atoms with Crippen molar-refractivity contribution in [2.75, 3.05) is 53.0 Å². The van der Waals surface area contributed by atoms with E-state index in [2.05, 4.69) is 29.3 Å². The van der Waals surface area contributed by atoms with E-state index in [1.54, 1.807) is 0 Å². The van der Waals surface area contributed by atoms with Crippen molar-refractivity contribution in [3.05, 3.63) is 0 Å². The zero-order chi connectivity index (χ0) is 10.0. The molecule has 82 valence electrons. The summed E-state index contributed by atoms with van der Waals surface area (Å²) < 4.78 is 5.23. The van der Waals surface area contributed by atoms with E-state index in [4.69, 9.17) is 4.74 Å². The highest BCUT2D eigenvalue weighted by molar-refractivity contribution is 4.82. The molecule has 4 heteroatoms. The Labute approximate surface area is 86.2 Å². The molecule has 1 N–H and O–H groups in total. The summed E-state index contributed by atoms with van der Waals surface area (Å²) in [6, 6.07) is 0. The summed E-state index contributed by atoms with van der Waals surface area (Å²) in [6.45, 7) is 9.75. The first kappa shape index (κ1) is 10.4. The highest BCUT2D eigenvalue weighted by atomic mass is 16.5. The Kier molecular flexibility index (Phi) is 3.07. The predicted octanol–water partition coefficient (Wildman–Crippen LogP) is -0.225. The van der Waals surface area contributed by atoms with Gasteiger partial charge in [-0.1, -0.05) is 6.92 Å². The van der Waals surface area contributed by atoms with Gasteiger partial charge in [-0.3, -0.25) is 5.43 Å². The molecule has 2 aliphatic heterocycles. The van der Waals surface area contributed by atoms with Crippen LogP contribution in [0.1, 0.15) is 6.92 Å². The van der Waals surface area contributed by atoms with Crippen LogP contribution in [0.5, 0.6) is 0 Å². The summed E-state index contributed by atoms with van der Waals surface area (Å²) in [5, 5.41) is 2.34. The highest BCUT2D eigenvalue weighted by Crippen LogP contribution is 2.25. The number of piperazine rings is 1. The summed E-state index contributed by atoms with van der Waals surface area (Å²) in [6.07, 6.45) is 0. The van der Waals surface area contributed by atoms with Gasteiger partial charge in [0.2, 0.25) is 0 Å². The topological polar surface area (TPSA) is 27.7 Å². The van der Waals surface area contributed by atoms with Crippen molar-refractivity contribution in [3.8, 4) is 0 Å². The van der Waals surface area contributed by atoms with Crippen LogP contribution in [0.15, 0.2) is 0 Å². The van der Waals surface area contributed by atoms with Crippen LogP contribution in [-0.2, 0) is 4.74 Å². The number of rotatable bonds is 3. The molecule has 0 spiro atoms. The van der Waals surface area contributed by atoms with Crippen molar-refractivity contribution >= 4 is 0 Å². The van der Waals surface area contributed by atoms with E-state index >= 15 is 0 Å². The lowest BCUT2D eigenvalue weighted by molar-refractivity contribution is -0.108. The second-order valence-corrected chi connectivity index (χ2v) is 4.93. The average molecular weight is 199 g/mol. The van der Waals surface area contributed by atoms with Gasteiger partial charge in [-0.15, -0.1) is 0 Å². The molecule has 0 aromatic carbocycles. The molecule has 2 rings (SSSR count). The molecular weight excluding hydrogens is 178 g/mol. The molecule has 14 heavy (non-hydrogen) atoms. The molecular formula is C10H21N3O. The molecule has 2 aliphatic rings. The van der Waals surface area contributed by atoms with Gasteiger partial charge >= 0.3 is 0 Å². The monoisotopic (exact) mass is 199 g/mol. The van der Waals surface area contributed by atoms with Gasteiger partial charge in [0, 0.05) is 38.1 Å². The minimum atomic E-state index is 0.378. The van der Waals surface area contributed by atoms with Crippen LogP contribution >= 0.6 is 0 Å². The first-order valence-corrected chi connectivity index (χ1v) is 5.43. The molecule has 4 nitrogen and oxygen atoms in total. The van der Waals surface area contributed by atoms with Crippen molar-refractivity contribution in [2.45, 2.75) is 6.92 Å². The van der Waals surface area contributed by atoms with Gasteiger partial charge in [0.05, 0.1) is 13.2 Å². The molecule has 0 amide bonds. The van der Waals surface area contributed by atoms with Crippen molar-refractivity contribution in [1.82, 2.24) is 15.3 Å². The Balaban J connectivity index is 1.65. The fraction of sp³-hybridized carbons (Fsp3) is 1.00. The maximum Gasteiger partial charge on any atom is 0.0554 e. The molecule has 0 bridgehead atoms. The summed E-state index contributed by atoms with van der Waals surface area (Å²) in [5.74, 6) is 0. The molecule has 0 aromatic heterocycles. The Morgan fingerprint density at radius 2 is 1.86 bits per heavy atom. The van der Waals surface area contributed by atoms with Gasteiger partial charge in [0.25, 0.3) is 0 Å². The summed E-state index contributed by atoms with van der Waals surface area (Å²) >= 11 is 0. The largest absolute Gasteiger partial charge is 0.380 e. The van der Waals surface area contributed by atoms with Gasteiger partial charge in [-0.05, 0) is 7.05 Å². The molecule has 0 atom stereocenters. The molecule has 0 aromatic rings. The zero-order valence-corrected chi connectivity index (χ0v) is 9.25. The third kappa shape index (κ3) is 2.45. The van der Waals surface area contributed by atoms with Crippen LogP contribution in [0.4, 0.5) is 0 Å². The fourth-order valence-electron chi connectivity index (χ4n) is 1.82. The molecule has 2 fully saturated rings. The maximum absolute atomic E-state index is 5.23. The lowest BCUT2D eigenvalue weighted by atomic mass is 9.89. The zero-order valence-electron chi connectivity index (χ0n) is 9.25. The lowest BCUT2D eigenvalue weighted by Crippen LogP contribution is -2.56. The molecule has 0 aliphatic carbocycles.